The lowest BCUT2D eigenvalue weighted by Crippen LogP contribution is -2.41. The lowest BCUT2D eigenvalue weighted by atomic mass is 9.97. The van der Waals surface area contributed by atoms with Crippen molar-refractivity contribution in [3.63, 3.8) is 0 Å². The van der Waals surface area contributed by atoms with Crippen molar-refractivity contribution in [2.75, 3.05) is 18.4 Å². The Hall–Kier alpha value is -3.25. The van der Waals surface area contributed by atoms with Gasteiger partial charge in [0.1, 0.15) is 10.6 Å². The topological polar surface area (TPSA) is 158 Å². The number of aromatic nitrogens is 1. The Morgan fingerprint density at radius 1 is 1.25 bits per heavy atom. The van der Waals surface area contributed by atoms with Gasteiger partial charge in [-0.2, -0.15) is 4.31 Å². The molecule has 0 unspecified atom stereocenters. The summed E-state index contributed by atoms with van der Waals surface area (Å²) in [7, 11) is -2.30. The monoisotopic (exact) mass is 463 g/mol. The molecule has 12 heteroatoms. The molecule has 0 saturated carbocycles. The number of nitro groups is 1. The molecule has 11 nitrogen and oxygen atoms in total. The highest BCUT2D eigenvalue weighted by atomic mass is 32.2. The van der Waals surface area contributed by atoms with E-state index in [1.807, 2.05) is 6.92 Å². The van der Waals surface area contributed by atoms with Crippen LogP contribution in [0.25, 0.3) is 0 Å². The van der Waals surface area contributed by atoms with Crippen molar-refractivity contribution < 1.29 is 22.9 Å². The number of aryl methyl sites for hydroxylation is 2. The van der Waals surface area contributed by atoms with Crippen LogP contribution in [0.2, 0.25) is 0 Å². The molecule has 0 bridgehead atoms. The molecule has 32 heavy (non-hydrogen) atoms. The first-order valence-electron chi connectivity index (χ1n) is 10.1. The Balaban J connectivity index is 1.66. The van der Waals surface area contributed by atoms with Crippen LogP contribution in [0.4, 0.5) is 11.4 Å². The Bertz CT molecular complexity index is 1170. The van der Waals surface area contributed by atoms with Crippen LogP contribution in [0.3, 0.4) is 0 Å². The molecule has 1 saturated heterocycles. The van der Waals surface area contributed by atoms with E-state index in [1.54, 1.807) is 12.1 Å². The molecule has 3 rings (SSSR count). The first-order valence-corrected chi connectivity index (χ1v) is 11.5. The number of carbonyl (C=O) groups is 2. The number of hydrogen-bond donors (Lipinski definition) is 2. The van der Waals surface area contributed by atoms with Gasteiger partial charge in [-0.1, -0.05) is 13.0 Å². The molecule has 2 amide bonds. The summed E-state index contributed by atoms with van der Waals surface area (Å²) < 4.78 is 28.4. The van der Waals surface area contributed by atoms with Gasteiger partial charge in [-0.25, -0.2) is 8.42 Å². The molecule has 1 aliphatic heterocycles. The number of nitro benzene ring substituents is 1. The van der Waals surface area contributed by atoms with Gasteiger partial charge in [-0.15, -0.1) is 0 Å². The van der Waals surface area contributed by atoms with E-state index in [9.17, 15) is 28.1 Å². The summed E-state index contributed by atoms with van der Waals surface area (Å²) in [4.78, 5) is 34.8. The van der Waals surface area contributed by atoms with Crippen LogP contribution in [0, 0.1) is 16.0 Å². The van der Waals surface area contributed by atoms with Gasteiger partial charge < -0.3 is 15.6 Å². The summed E-state index contributed by atoms with van der Waals surface area (Å²) in [6.45, 7) is 2.08. The molecular formula is C20H25N5O6S. The molecule has 0 spiro atoms. The number of nitrogens with two attached hydrogens (primary N) is 1. The number of benzene rings is 1. The molecule has 172 valence electrons. The zero-order valence-corrected chi connectivity index (χ0v) is 18.6. The number of amides is 2. The number of carbonyl (C=O) groups excluding carboxylic acids is 2. The van der Waals surface area contributed by atoms with E-state index in [2.05, 4.69) is 5.32 Å². The van der Waals surface area contributed by atoms with Gasteiger partial charge in [0.05, 0.1) is 4.92 Å². The lowest BCUT2D eigenvalue weighted by Gasteiger charge is -2.30. The first kappa shape index (κ1) is 23.4. The zero-order chi connectivity index (χ0) is 23.6. The van der Waals surface area contributed by atoms with E-state index in [-0.39, 0.29) is 35.3 Å². The van der Waals surface area contributed by atoms with Crippen molar-refractivity contribution in [2.24, 2.45) is 18.7 Å². The Labute approximate surface area is 185 Å². The van der Waals surface area contributed by atoms with E-state index in [4.69, 9.17) is 5.73 Å². The number of anilines is 1. The van der Waals surface area contributed by atoms with Crippen molar-refractivity contribution in [1.82, 2.24) is 8.87 Å². The second kappa shape index (κ2) is 9.09. The van der Waals surface area contributed by atoms with E-state index in [0.29, 0.717) is 30.5 Å². The summed E-state index contributed by atoms with van der Waals surface area (Å²) in [5.41, 5.74) is 6.20. The fourth-order valence-corrected chi connectivity index (χ4v) is 5.32. The smallest absolute Gasteiger partial charge is 0.274 e. The molecule has 0 atom stereocenters. The predicted molar refractivity (Wildman–Crippen MR) is 117 cm³/mol. The first-order chi connectivity index (χ1) is 15.0. The van der Waals surface area contributed by atoms with Crippen LogP contribution in [-0.4, -0.2) is 47.1 Å². The second-order valence-electron chi connectivity index (χ2n) is 7.66. The highest BCUT2D eigenvalue weighted by molar-refractivity contribution is 7.89. The third kappa shape index (κ3) is 4.65. The van der Waals surface area contributed by atoms with Crippen LogP contribution < -0.4 is 11.1 Å². The number of nitrogens with zero attached hydrogens (tertiary/aromatic N) is 3. The van der Waals surface area contributed by atoms with Gasteiger partial charge in [0.25, 0.3) is 11.6 Å². The van der Waals surface area contributed by atoms with Gasteiger partial charge in [-0.05, 0) is 31.4 Å². The van der Waals surface area contributed by atoms with Gasteiger partial charge in [0, 0.05) is 49.6 Å². The molecule has 3 N–H and O–H groups in total. The molecular weight excluding hydrogens is 438 g/mol. The Kier molecular flexibility index (Phi) is 6.65. The van der Waals surface area contributed by atoms with Gasteiger partial charge >= 0.3 is 0 Å². The summed E-state index contributed by atoms with van der Waals surface area (Å²) in [6, 6.07) is 5.81. The van der Waals surface area contributed by atoms with E-state index in [1.165, 1.54) is 34.2 Å². The van der Waals surface area contributed by atoms with Crippen molar-refractivity contribution in [2.45, 2.75) is 31.1 Å². The van der Waals surface area contributed by atoms with Crippen molar-refractivity contribution in [3.05, 3.63) is 51.8 Å². The van der Waals surface area contributed by atoms with Gasteiger partial charge in [-0.3, -0.25) is 19.7 Å². The Morgan fingerprint density at radius 2 is 1.91 bits per heavy atom. The third-order valence-electron chi connectivity index (χ3n) is 5.63. The van der Waals surface area contributed by atoms with Crippen LogP contribution in [0.5, 0.6) is 0 Å². The summed E-state index contributed by atoms with van der Waals surface area (Å²) in [6.07, 6.45) is 2.44. The maximum Gasteiger partial charge on any atom is 0.274 e. The minimum atomic E-state index is -3.83. The molecule has 1 aliphatic rings. The van der Waals surface area contributed by atoms with Crippen LogP contribution >= 0.6 is 0 Å². The molecule has 1 fully saturated rings. The SMILES string of the molecule is CCc1ccc(NC(=O)C2CCN(S(=O)(=O)c3cc(C(N)=O)n(C)c3)CC2)cc1[N+](=O)[O-]. The number of sulfonamides is 1. The fraction of sp³-hybridized carbons (Fsp3) is 0.400. The van der Waals surface area contributed by atoms with Crippen molar-refractivity contribution >= 4 is 33.2 Å². The van der Waals surface area contributed by atoms with Gasteiger partial charge in [0.15, 0.2) is 0 Å². The molecule has 0 aliphatic carbocycles. The zero-order valence-electron chi connectivity index (χ0n) is 17.8. The summed E-state index contributed by atoms with van der Waals surface area (Å²) in [5.74, 6) is -1.46. The lowest BCUT2D eigenvalue weighted by molar-refractivity contribution is -0.385. The minimum absolute atomic E-state index is 0.0278. The summed E-state index contributed by atoms with van der Waals surface area (Å²) in [5, 5.41) is 13.9. The number of primary amides is 1. The van der Waals surface area contributed by atoms with Crippen molar-refractivity contribution in [3.8, 4) is 0 Å². The maximum absolute atomic E-state index is 12.9. The Morgan fingerprint density at radius 3 is 2.44 bits per heavy atom. The largest absolute Gasteiger partial charge is 0.364 e. The van der Waals surface area contributed by atoms with E-state index >= 15 is 0 Å². The second-order valence-corrected chi connectivity index (χ2v) is 9.60. The molecule has 1 aromatic carbocycles. The third-order valence-corrected chi connectivity index (χ3v) is 7.49. The van der Waals surface area contributed by atoms with Crippen LogP contribution in [0.15, 0.2) is 35.4 Å². The van der Waals surface area contributed by atoms with Crippen LogP contribution in [0.1, 0.15) is 35.8 Å². The standard InChI is InChI=1S/C20H25N5O6S/c1-3-13-4-5-15(10-17(13)25(28)29)22-20(27)14-6-8-24(9-7-14)32(30,31)16-11-18(19(21)26)23(2)12-16/h4-5,10-12,14H,3,6-9H2,1-2H3,(H2,21,26)(H,22,27). The number of rotatable bonds is 7. The highest BCUT2D eigenvalue weighted by Crippen LogP contribution is 2.27. The molecule has 2 heterocycles. The van der Waals surface area contributed by atoms with Crippen molar-refractivity contribution in [1.29, 1.82) is 0 Å². The fourth-order valence-electron chi connectivity index (χ4n) is 3.78. The normalized spacial score (nSPS) is 15.4. The minimum Gasteiger partial charge on any atom is -0.364 e. The number of nitrogens with one attached hydrogen (secondary N) is 1. The average molecular weight is 464 g/mol. The maximum atomic E-state index is 12.9. The molecule has 1 aromatic heterocycles. The van der Waals surface area contributed by atoms with Crippen LogP contribution in [-0.2, 0) is 28.3 Å². The quantitative estimate of drug-likeness (QED) is 0.469. The summed E-state index contributed by atoms with van der Waals surface area (Å²) >= 11 is 0. The highest BCUT2D eigenvalue weighted by Gasteiger charge is 2.33. The number of hydrogen-bond acceptors (Lipinski definition) is 6. The van der Waals surface area contributed by atoms with E-state index in [0.717, 1.165) is 0 Å². The average Bonchev–Trinajstić information content (AvgIpc) is 3.16. The van der Waals surface area contributed by atoms with Gasteiger partial charge in [0.2, 0.25) is 15.9 Å². The predicted octanol–water partition coefficient (Wildman–Crippen LogP) is 1.63. The molecule has 0 radical (unpaired) electrons. The van der Waals surface area contributed by atoms with E-state index < -0.39 is 26.8 Å². The number of piperidine rings is 1. The molecule has 2 aromatic rings.